The molecule has 3 aliphatic rings. The lowest BCUT2D eigenvalue weighted by atomic mass is 9.76. The monoisotopic (exact) mass is 474 g/mol. The molecular weight excluding hydrogens is 440 g/mol. The van der Waals surface area contributed by atoms with Crippen molar-refractivity contribution in [3.63, 3.8) is 0 Å². The summed E-state index contributed by atoms with van der Waals surface area (Å²) in [5.74, 6) is 1.73. The molecule has 3 saturated carbocycles. The fourth-order valence-electron chi connectivity index (χ4n) is 6.71. The van der Waals surface area contributed by atoms with Crippen molar-refractivity contribution < 1.29 is 13.2 Å². The van der Waals surface area contributed by atoms with Crippen LogP contribution in [0, 0.1) is 17.8 Å². The summed E-state index contributed by atoms with van der Waals surface area (Å²) in [5, 5.41) is 12.2. The Morgan fingerprint density at radius 1 is 1.18 bits per heavy atom. The van der Waals surface area contributed by atoms with Crippen molar-refractivity contribution in [1.29, 1.82) is 0 Å². The first-order valence-electron chi connectivity index (χ1n) is 11.8. The molecule has 180 valence electrons. The highest BCUT2D eigenvalue weighted by Gasteiger charge is 2.55. The molecule has 10 heteroatoms. The van der Waals surface area contributed by atoms with E-state index in [1.165, 1.54) is 6.26 Å². The molecule has 3 fully saturated rings. The van der Waals surface area contributed by atoms with Crippen LogP contribution in [0.1, 0.15) is 69.7 Å². The largest absolute Gasteiger partial charge is 0.349 e. The number of carbonyl (C=O) groups is 1. The van der Waals surface area contributed by atoms with E-state index >= 15 is 0 Å². The molecule has 1 amide bonds. The number of fused-ring (bicyclic) bond motifs is 2. The molecule has 3 aliphatic carbocycles. The maximum absolute atomic E-state index is 13.6. The van der Waals surface area contributed by atoms with Gasteiger partial charge in [-0.2, -0.15) is 10.2 Å². The zero-order valence-corrected chi connectivity index (χ0v) is 20.6. The van der Waals surface area contributed by atoms with Gasteiger partial charge in [-0.1, -0.05) is 0 Å². The van der Waals surface area contributed by atoms with Crippen LogP contribution < -0.4 is 10.0 Å². The SMILES string of the molecule is CC(C)(C)n1ncc(C(=O)NC2CCC3CC4CC(NS(C)(=O)=O)(C3)CC42)c1-n1cccn1. The molecular formula is C23H34N6O3S. The Labute approximate surface area is 195 Å². The van der Waals surface area contributed by atoms with E-state index in [4.69, 9.17) is 0 Å². The Morgan fingerprint density at radius 2 is 1.97 bits per heavy atom. The summed E-state index contributed by atoms with van der Waals surface area (Å²) in [7, 11) is -3.28. The third-order valence-electron chi connectivity index (χ3n) is 7.67. The normalized spacial score (nSPS) is 31.5. The number of rotatable bonds is 5. The molecule has 5 rings (SSSR count). The summed E-state index contributed by atoms with van der Waals surface area (Å²) in [6.45, 7) is 6.14. The average Bonchev–Trinajstić information content (AvgIpc) is 3.38. The predicted molar refractivity (Wildman–Crippen MR) is 124 cm³/mol. The molecule has 2 heterocycles. The zero-order valence-electron chi connectivity index (χ0n) is 19.8. The maximum atomic E-state index is 13.6. The standard InChI is InChI=1S/C23H34N6O3S/c1-22(2,3)29-21(28-9-5-8-24-28)18(14-25-29)20(30)26-19-7-6-15-10-16-12-23(11-15,13-17(16)19)27-33(4,31)32/h5,8-9,14-17,19,27H,6-7,10-13H2,1-4H3,(H,26,30). The lowest BCUT2D eigenvalue weighted by Crippen LogP contribution is -2.50. The van der Waals surface area contributed by atoms with Crippen molar-refractivity contribution in [1.82, 2.24) is 29.6 Å². The van der Waals surface area contributed by atoms with E-state index in [1.807, 2.05) is 37.7 Å². The summed E-state index contributed by atoms with van der Waals surface area (Å²) in [6, 6.07) is 1.86. The first kappa shape index (κ1) is 22.6. The van der Waals surface area contributed by atoms with E-state index < -0.39 is 10.0 Å². The van der Waals surface area contributed by atoms with Gasteiger partial charge in [0.1, 0.15) is 5.56 Å². The van der Waals surface area contributed by atoms with Gasteiger partial charge >= 0.3 is 0 Å². The Balaban J connectivity index is 1.42. The van der Waals surface area contributed by atoms with Crippen LogP contribution in [-0.2, 0) is 15.6 Å². The minimum Gasteiger partial charge on any atom is -0.349 e. The third kappa shape index (κ3) is 4.23. The van der Waals surface area contributed by atoms with Gasteiger partial charge in [-0.05, 0) is 83.1 Å². The lowest BCUT2D eigenvalue weighted by molar-refractivity contribution is 0.0911. The van der Waals surface area contributed by atoms with Gasteiger partial charge < -0.3 is 5.32 Å². The van der Waals surface area contributed by atoms with Crippen LogP contribution >= 0.6 is 0 Å². The van der Waals surface area contributed by atoms with Crippen molar-refractivity contribution >= 4 is 15.9 Å². The quantitative estimate of drug-likeness (QED) is 0.692. The van der Waals surface area contributed by atoms with Crippen LogP contribution in [0.25, 0.3) is 5.82 Å². The Bertz CT molecular complexity index is 1150. The van der Waals surface area contributed by atoms with E-state index in [1.54, 1.807) is 17.1 Å². The first-order valence-corrected chi connectivity index (χ1v) is 13.7. The van der Waals surface area contributed by atoms with Crippen LogP contribution in [0.3, 0.4) is 0 Å². The van der Waals surface area contributed by atoms with Gasteiger partial charge in [-0.25, -0.2) is 22.5 Å². The fraction of sp³-hybridized carbons (Fsp3) is 0.696. The van der Waals surface area contributed by atoms with E-state index in [0.717, 1.165) is 38.5 Å². The van der Waals surface area contributed by atoms with E-state index in [9.17, 15) is 13.2 Å². The second-order valence-corrected chi connectivity index (χ2v) is 13.1. The minimum atomic E-state index is -3.28. The molecule has 0 aliphatic heterocycles. The fourth-order valence-corrected chi connectivity index (χ4v) is 7.75. The van der Waals surface area contributed by atoms with E-state index in [0.29, 0.717) is 23.2 Å². The molecule has 5 atom stereocenters. The van der Waals surface area contributed by atoms with Crippen LogP contribution in [0.2, 0.25) is 0 Å². The van der Waals surface area contributed by atoms with Crippen molar-refractivity contribution in [3.05, 3.63) is 30.2 Å². The molecule has 9 nitrogen and oxygen atoms in total. The van der Waals surface area contributed by atoms with Gasteiger partial charge in [0.15, 0.2) is 5.82 Å². The van der Waals surface area contributed by atoms with Crippen molar-refractivity contribution in [2.45, 2.75) is 76.4 Å². The highest BCUT2D eigenvalue weighted by atomic mass is 32.2. The summed E-state index contributed by atoms with van der Waals surface area (Å²) in [6.07, 6.45) is 12.0. The molecule has 3 bridgehead atoms. The summed E-state index contributed by atoms with van der Waals surface area (Å²) in [4.78, 5) is 13.6. The highest BCUT2D eigenvalue weighted by molar-refractivity contribution is 7.88. The molecule has 2 N–H and O–H groups in total. The molecule has 0 saturated heterocycles. The zero-order chi connectivity index (χ0) is 23.6. The molecule has 0 radical (unpaired) electrons. The lowest BCUT2D eigenvalue weighted by Gasteiger charge is -2.38. The van der Waals surface area contributed by atoms with Crippen LogP contribution in [0.15, 0.2) is 24.7 Å². The van der Waals surface area contributed by atoms with Gasteiger partial charge in [-0.15, -0.1) is 0 Å². The van der Waals surface area contributed by atoms with Gasteiger partial charge in [0.2, 0.25) is 10.0 Å². The summed E-state index contributed by atoms with van der Waals surface area (Å²) >= 11 is 0. The van der Waals surface area contributed by atoms with Crippen LogP contribution in [-0.4, -0.2) is 51.7 Å². The number of nitrogens with zero attached hydrogens (tertiary/aromatic N) is 4. The van der Waals surface area contributed by atoms with Gasteiger partial charge in [0, 0.05) is 24.0 Å². The third-order valence-corrected chi connectivity index (χ3v) is 8.47. The Morgan fingerprint density at radius 3 is 2.64 bits per heavy atom. The molecule has 2 aromatic heterocycles. The first-order chi connectivity index (χ1) is 15.4. The topological polar surface area (TPSA) is 111 Å². The molecule has 0 spiro atoms. The van der Waals surface area contributed by atoms with E-state index in [2.05, 4.69) is 20.2 Å². The second kappa shape index (κ2) is 7.66. The summed E-state index contributed by atoms with van der Waals surface area (Å²) in [5.41, 5.74) is -0.169. The highest BCUT2D eigenvalue weighted by Crippen LogP contribution is 2.55. The van der Waals surface area contributed by atoms with Crippen molar-refractivity contribution in [2.24, 2.45) is 17.8 Å². The average molecular weight is 475 g/mol. The van der Waals surface area contributed by atoms with Gasteiger partial charge in [0.25, 0.3) is 5.91 Å². The molecule has 5 unspecified atom stereocenters. The number of amides is 1. The number of carbonyl (C=O) groups excluding carboxylic acids is 1. The number of hydrogen-bond donors (Lipinski definition) is 2. The van der Waals surface area contributed by atoms with E-state index in [-0.39, 0.29) is 28.9 Å². The second-order valence-electron chi connectivity index (χ2n) is 11.4. The Kier molecular flexibility index (Phi) is 5.24. The Hall–Kier alpha value is -2.20. The molecule has 33 heavy (non-hydrogen) atoms. The van der Waals surface area contributed by atoms with Crippen molar-refractivity contribution in [3.8, 4) is 5.82 Å². The summed E-state index contributed by atoms with van der Waals surface area (Å²) < 4.78 is 30.7. The number of aromatic nitrogens is 4. The van der Waals surface area contributed by atoms with Gasteiger partial charge in [-0.3, -0.25) is 4.79 Å². The maximum Gasteiger partial charge on any atom is 0.256 e. The van der Waals surface area contributed by atoms with Crippen molar-refractivity contribution in [2.75, 3.05) is 6.26 Å². The number of sulfonamides is 1. The molecule has 0 aromatic carbocycles. The van der Waals surface area contributed by atoms with Gasteiger partial charge in [0.05, 0.1) is 18.0 Å². The van der Waals surface area contributed by atoms with Crippen LogP contribution in [0.4, 0.5) is 0 Å². The van der Waals surface area contributed by atoms with Crippen LogP contribution in [0.5, 0.6) is 0 Å². The minimum absolute atomic E-state index is 0.0273. The molecule has 2 aromatic rings. The predicted octanol–water partition coefficient (Wildman–Crippen LogP) is 2.44. The number of nitrogens with one attached hydrogen (secondary N) is 2. The smallest absolute Gasteiger partial charge is 0.256 e. The number of hydrogen-bond acceptors (Lipinski definition) is 5.